The average molecular weight is 424 g/mol. The molecule has 7 nitrogen and oxygen atoms in total. The van der Waals surface area contributed by atoms with E-state index < -0.39 is 10.0 Å². The van der Waals surface area contributed by atoms with Gasteiger partial charge in [0.25, 0.3) is 5.91 Å². The first kappa shape index (κ1) is 20.7. The van der Waals surface area contributed by atoms with Gasteiger partial charge in [-0.25, -0.2) is 8.42 Å². The lowest BCUT2D eigenvalue weighted by Crippen LogP contribution is -2.48. The molecule has 0 unspecified atom stereocenters. The lowest BCUT2D eigenvalue weighted by atomic mass is 10.2. The largest absolute Gasteiger partial charge is 0.373 e. The zero-order chi connectivity index (χ0) is 20.3. The van der Waals surface area contributed by atoms with Crippen LogP contribution in [0.5, 0.6) is 0 Å². The van der Waals surface area contributed by atoms with Gasteiger partial charge in [-0.1, -0.05) is 11.6 Å². The van der Waals surface area contributed by atoms with E-state index in [1.165, 1.54) is 22.5 Å². The Labute approximate surface area is 169 Å². The molecule has 9 heteroatoms. The van der Waals surface area contributed by atoms with Crippen LogP contribution in [0.2, 0.25) is 5.02 Å². The molecular weight excluding hydrogens is 402 g/mol. The van der Waals surface area contributed by atoms with E-state index in [-0.39, 0.29) is 46.7 Å². The number of benzene rings is 1. The molecule has 1 aliphatic heterocycles. The smallest absolute Gasteiger partial charge is 0.251 e. The topological polar surface area (TPSA) is 88.6 Å². The van der Waals surface area contributed by atoms with Crippen LogP contribution in [0.15, 0.2) is 47.6 Å². The molecule has 1 amide bonds. The molecule has 1 aromatic heterocycles. The van der Waals surface area contributed by atoms with Gasteiger partial charge in [-0.05, 0) is 49.7 Å². The summed E-state index contributed by atoms with van der Waals surface area (Å²) in [5, 5.41) is 2.85. The second-order valence-electron chi connectivity index (χ2n) is 6.76. The number of halogens is 1. The molecule has 0 spiro atoms. The maximum absolute atomic E-state index is 13.1. The number of pyridine rings is 1. The summed E-state index contributed by atoms with van der Waals surface area (Å²) in [6, 6.07) is 7.85. The maximum Gasteiger partial charge on any atom is 0.251 e. The molecule has 0 saturated carbocycles. The standard InChI is InChI=1S/C19H22ClN3O4S/c1-13-11-23(12-14(2)27-13)28(25,26)18-9-16(3-4-17(18)20)19(24)22-10-15-5-7-21-8-6-15/h3-9,13-14H,10-12H2,1-2H3,(H,22,24)/t13-,14+. The quantitative estimate of drug-likeness (QED) is 0.798. The van der Waals surface area contributed by atoms with Crippen molar-refractivity contribution < 1.29 is 17.9 Å². The monoisotopic (exact) mass is 423 g/mol. The highest BCUT2D eigenvalue weighted by molar-refractivity contribution is 7.89. The molecule has 0 aliphatic carbocycles. The minimum absolute atomic E-state index is 0.0768. The third kappa shape index (κ3) is 4.70. The Morgan fingerprint density at radius 1 is 1.21 bits per heavy atom. The van der Waals surface area contributed by atoms with Crippen molar-refractivity contribution in [2.24, 2.45) is 0 Å². The molecule has 150 valence electrons. The van der Waals surface area contributed by atoms with Gasteiger partial charge >= 0.3 is 0 Å². The fourth-order valence-electron chi connectivity index (χ4n) is 3.09. The first-order chi connectivity index (χ1) is 13.3. The van der Waals surface area contributed by atoms with Gasteiger partial charge in [0.2, 0.25) is 10.0 Å². The van der Waals surface area contributed by atoms with Gasteiger partial charge in [0, 0.05) is 37.6 Å². The molecule has 1 aliphatic rings. The summed E-state index contributed by atoms with van der Waals surface area (Å²) >= 11 is 6.17. The number of aromatic nitrogens is 1. The fraction of sp³-hybridized carbons (Fsp3) is 0.368. The van der Waals surface area contributed by atoms with Crippen LogP contribution in [0.3, 0.4) is 0 Å². The SMILES string of the molecule is C[C@@H]1CN(S(=O)(=O)c2cc(C(=O)NCc3ccncc3)ccc2Cl)C[C@H](C)O1. The minimum Gasteiger partial charge on any atom is -0.373 e. The zero-order valence-corrected chi connectivity index (χ0v) is 17.2. The van der Waals surface area contributed by atoms with E-state index in [0.29, 0.717) is 6.54 Å². The molecule has 1 N–H and O–H groups in total. The Kier molecular flexibility index (Phi) is 6.34. The Hall–Kier alpha value is -2.00. The molecule has 1 aromatic carbocycles. The van der Waals surface area contributed by atoms with E-state index >= 15 is 0 Å². The van der Waals surface area contributed by atoms with Gasteiger partial charge in [-0.2, -0.15) is 4.31 Å². The number of nitrogens with one attached hydrogen (secondary N) is 1. The third-order valence-corrected chi connectivity index (χ3v) is 6.71. The van der Waals surface area contributed by atoms with E-state index in [4.69, 9.17) is 16.3 Å². The van der Waals surface area contributed by atoms with Crippen molar-refractivity contribution in [2.75, 3.05) is 13.1 Å². The van der Waals surface area contributed by atoms with Gasteiger partial charge in [0.05, 0.1) is 17.2 Å². The number of sulfonamides is 1. The maximum atomic E-state index is 13.1. The predicted octanol–water partition coefficient (Wildman–Crippen LogP) is 2.46. The second kappa shape index (κ2) is 8.57. The molecule has 1 saturated heterocycles. The Morgan fingerprint density at radius 2 is 1.86 bits per heavy atom. The Balaban J connectivity index is 1.81. The van der Waals surface area contributed by atoms with Crippen molar-refractivity contribution in [3.05, 3.63) is 58.9 Å². The van der Waals surface area contributed by atoms with E-state index in [9.17, 15) is 13.2 Å². The van der Waals surface area contributed by atoms with Crippen LogP contribution in [-0.2, 0) is 21.3 Å². The number of carbonyl (C=O) groups is 1. The number of hydrogen-bond acceptors (Lipinski definition) is 5. The van der Waals surface area contributed by atoms with Crippen LogP contribution >= 0.6 is 11.6 Å². The zero-order valence-electron chi connectivity index (χ0n) is 15.6. The summed E-state index contributed by atoms with van der Waals surface area (Å²) in [4.78, 5) is 16.3. The molecule has 28 heavy (non-hydrogen) atoms. The highest BCUT2D eigenvalue weighted by atomic mass is 35.5. The number of nitrogens with zero attached hydrogens (tertiary/aromatic N) is 2. The minimum atomic E-state index is -3.85. The summed E-state index contributed by atoms with van der Waals surface area (Å²) in [5.41, 5.74) is 1.12. The van der Waals surface area contributed by atoms with Gasteiger partial charge in [0.15, 0.2) is 0 Å². The van der Waals surface area contributed by atoms with Crippen molar-refractivity contribution in [1.29, 1.82) is 0 Å². The number of carbonyl (C=O) groups excluding carboxylic acids is 1. The Bertz CT molecular complexity index is 943. The van der Waals surface area contributed by atoms with Crippen LogP contribution < -0.4 is 5.32 Å². The van der Waals surface area contributed by atoms with Gasteiger partial charge in [0.1, 0.15) is 4.90 Å². The number of hydrogen-bond donors (Lipinski definition) is 1. The van der Waals surface area contributed by atoms with Gasteiger partial charge < -0.3 is 10.1 Å². The summed E-state index contributed by atoms with van der Waals surface area (Å²) in [5.74, 6) is -0.381. The number of morpholine rings is 1. The summed E-state index contributed by atoms with van der Waals surface area (Å²) in [6.07, 6.45) is 2.84. The number of ether oxygens (including phenoxy) is 1. The first-order valence-corrected chi connectivity index (χ1v) is 10.7. The van der Waals surface area contributed by atoms with E-state index in [2.05, 4.69) is 10.3 Å². The third-order valence-electron chi connectivity index (χ3n) is 4.40. The molecule has 3 rings (SSSR count). The van der Waals surface area contributed by atoms with Crippen molar-refractivity contribution in [3.8, 4) is 0 Å². The lowest BCUT2D eigenvalue weighted by molar-refractivity contribution is -0.0440. The van der Waals surface area contributed by atoms with Crippen molar-refractivity contribution in [3.63, 3.8) is 0 Å². The summed E-state index contributed by atoms with van der Waals surface area (Å²) in [7, 11) is -3.85. The molecule has 0 bridgehead atoms. The second-order valence-corrected chi connectivity index (χ2v) is 9.08. The summed E-state index contributed by atoms with van der Waals surface area (Å²) < 4.78 is 33.2. The predicted molar refractivity (Wildman–Crippen MR) is 106 cm³/mol. The number of rotatable bonds is 5. The van der Waals surface area contributed by atoms with Crippen molar-refractivity contribution >= 4 is 27.5 Å². The molecule has 1 fully saturated rings. The van der Waals surface area contributed by atoms with Gasteiger partial charge in [-0.15, -0.1) is 0 Å². The first-order valence-electron chi connectivity index (χ1n) is 8.89. The summed E-state index contributed by atoms with van der Waals surface area (Å²) in [6.45, 7) is 4.43. The molecular formula is C19H22ClN3O4S. The fourth-order valence-corrected chi connectivity index (χ4v) is 5.18. The van der Waals surface area contributed by atoms with Crippen LogP contribution in [0.1, 0.15) is 29.8 Å². The normalized spacial score (nSPS) is 20.7. The van der Waals surface area contributed by atoms with Crippen molar-refractivity contribution in [2.45, 2.75) is 37.5 Å². The van der Waals surface area contributed by atoms with Crippen LogP contribution in [0, 0.1) is 0 Å². The Morgan fingerprint density at radius 3 is 2.50 bits per heavy atom. The molecule has 2 heterocycles. The molecule has 2 atom stereocenters. The molecule has 0 radical (unpaired) electrons. The van der Waals surface area contributed by atoms with Crippen molar-refractivity contribution in [1.82, 2.24) is 14.6 Å². The van der Waals surface area contributed by atoms with Crippen LogP contribution in [-0.4, -0.2) is 48.9 Å². The van der Waals surface area contributed by atoms with E-state index in [1.54, 1.807) is 24.5 Å². The van der Waals surface area contributed by atoms with Gasteiger partial charge in [-0.3, -0.25) is 9.78 Å². The van der Waals surface area contributed by atoms with Crippen LogP contribution in [0.4, 0.5) is 0 Å². The number of amides is 1. The lowest BCUT2D eigenvalue weighted by Gasteiger charge is -2.34. The van der Waals surface area contributed by atoms with E-state index in [0.717, 1.165) is 5.56 Å². The molecule has 2 aromatic rings. The average Bonchev–Trinajstić information content (AvgIpc) is 2.66. The van der Waals surface area contributed by atoms with E-state index in [1.807, 2.05) is 13.8 Å². The highest BCUT2D eigenvalue weighted by Crippen LogP contribution is 2.28. The van der Waals surface area contributed by atoms with Crippen LogP contribution in [0.25, 0.3) is 0 Å². The highest BCUT2D eigenvalue weighted by Gasteiger charge is 2.33.